The van der Waals surface area contributed by atoms with Crippen molar-refractivity contribution in [2.75, 3.05) is 7.05 Å². The molecule has 1 aromatic rings. The largest absolute Gasteiger partial charge is 0.349 e. The summed E-state index contributed by atoms with van der Waals surface area (Å²) in [4.78, 5) is 0.376. The number of hydrogen-bond donors (Lipinski definition) is 2. The lowest BCUT2D eigenvalue weighted by molar-refractivity contribution is 0.402. The van der Waals surface area contributed by atoms with Gasteiger partial charge in [0.25, 0.3) is 0 Å². The molecular formula is C15H27N3O2S. The van der Waals surface area contributed by atoms with Crippen molar-refractivity contribution in [3.63, 3.8) is 0 Å². The monoisotopic (exact) mass is 313 g/mol. The molecule has 1 saturated carbocycles. The van der Waals surface area contributed by atoms with E-state index in [1.54, 1.807) is 12.3 Å². The van der Waals surface area contributed by atoms with Crippen LogP contribution in [0.5, 0.6) is 0 Å². The lowest BCUT2D eigenvalue weighted by Gasteiger charge is -2.19. The van der Waals surface area contributed by atoms with Gasteiger partial charge in [-0.15, -0.1) is 0 Å². The number of hydrogen-bond acceptors (Lipinski definition) is 3. The van der Waals surface area contributed by atoms with E-state index in [0.29, 0.717) is 23.3 Å². The molecule has 1 fully saturated rings. The molecule has 0 amide bonds. The fraction of sp³-hybridized carbons (Fsp3) is 0.733. The minimum Gasteiger partial charge on any atom is -0.349 e. The average molecular weight is 313 g/mol. The van der Waals surface area contributed by atoms with E-state index in [-0.39, 0.29) is 6.04 Å². The quantitative estimate of drug-likeness (QED) is 0.843. The summed E-state index contributed by atoms with van der Waals surface area (Å²) in [7, 11) is -1.57. The Morgan fingerprint density at radius 2 is 2.05 bits per heavy atom. The lowest BCUT2D eigenvalue weighted by Crippen LogP contribution is -2.37. The Labute approximate surface area is 128 Å². The van der Waals surface area contributed by atoms with Gasteiger partial charge in [0.15, 0.2) is 0 Å². The third kappa shape index (κ3) is 3.49. The molecule has 1 aromatic heterocycles. The van der Waals surface area contributed by atoms with Crippen LogP contribution in [0.1, 0.15) is 39.3 Å². The Bertz CT molecular complexity index is 580. The van der Waals surface area contributed by atoms with Crippen molar-refractivity contribution in [2.24, 2.45) is 11.8 Å². The SMILES string of the molecule is CCn1cc(S(=O)(=O)NC2CCC(C)C2C)cc1CNC. The summed E-state index contributed by atoms with van der Waals surface area (Å²) in [5, 5.41) is 3.07. The molecule has 21 heavy (non-hydrogen) atoms. The summed E-state index contributed by atoms with van der Waals surface area (Å²) in [6.45, 7) is 7.78. The van der Waals surface area contributed by atoms with Gasteiger partial charge in [0.05, 0.1) is 4.90 Å². The van der Waals surface area contributed by atoms with Crippen LogP contribution in [-0.2, 0) is 23.1 Å². The highest BCUT2D eigenvalue weighted by Crippen LogP contribution is 2.32. The molecule has 0 aromatic carbocycles. The molecule has 1 aliphatic rings. The Hall–Kier alpha value is -0.850. The smallest absolute Gasteiger partial charge is 0.242 e. The van der Waals surface area contributed by atoms with E-state index in [1.165, 1.54) is 0 Å². The number of aromatic nitrogens is 1. The summed E-state index contributed by atoms with van der Waals surface area (Å²) < 4.78 is 30.0. The van der Waals surface area contributed by atoms with E-state index in [2.05, 4.69) is 23.9 Å². The van der Waals surface area contributed by atoms with Gasteiger partial charge in [-0.1, -0.05) is 13.8 Å². The van der Waals surface area contributed by atoms with Crippen LogP contribution in [0.2, 0.25) is 0 Å². The van der Waals surface area contributed by atoms with Gasteiger partial charge < -0.3 is 9.88 Å². The molecule has 6 heteroatoms. The highest BCUT2D eigenvalue weighted by atomic mass is 32.2. The Morgan fingerprint density at radius 1 is 1.33 bits per heavy atom. The van der Waals surface area contributed by atoms with E-state index in [4.69, 9.17) is 0 Å². The van der Waals surface area contributed by atoms with Crippen LogP contribution in [0.4, 0.5) is 0 Å². The molecular weight excluding hydrogens is 286 g/mol. The van der Waals surface area contributed by atoms with Crippen molar-refractivity contribution in [1.82, 2.24) is 14.6 Å². The van der Waals surface area contributed by atoms with Crippen LogP contribution < -0.4 is 10.0 Å². The maximum atomic E-state index is 12.6. The zero-order chi connectivity index (χ0) is 15.6. The summed E-state index contributed by atoms with van der Waals surface area (Å²) in [6, 6.07) is 1.83. The van der Waals surface area contributed by atoms with Crippen LogP contribution in [0.3, 0.4) is 0 Å². The number of nitrogens with one attached hydrogen (secondary N) is 2. The third-order valence-electron chi connectivity index (χ3n) is 4.74. The maximum absolute atomic E-state index is 12.6. The van der Waals surface area contributed by atoms with E-state index in [9.17, 15) is 8.42 Å². The fourth-order valence-corrected chi connectivity index (χ4v) is 4.52. The molecule has 0 spiro atoms. The first-order chi connectivity index (χ1) is 9.89. The van der Waals surface area contributed by atoms with Crippen molar-refractivity contribution in [3.8, 4) is 0 Å². The second kappa shape index (κ2) is 6.50. The van der Waals surface area contributed by atoms with Crippen molar-refractivity contribution >= 4 is 10.0 Å². The Morgan fingerprint density at radius 3 is 2.57 bits per heavy atom. The molecule has 1 heterocycles. The van der Waals surface area contributed by atoms with Gasteiger partial charge in [-0.05, 0) is 44.7 Å². The summed E-state index contributed by atoms with van der Waals surface area (Å²) in [6.07, 6.45) is 3.76. The average Bonchev–Trinajstić information content (AvgIpc) is 2.98. The van der Waals surface area contributed by atoms with Gasteiger partial charge in [0, 0.05) is 31.0 Å². The Kier molecular flexibility index (Phi) is 5.11. The van der Waals surface area contributed by atoms with Crippen molar-refractivity contribution < 1.29 is 8.42 Å². The highest BCUT2D eigenvalue weighted by Gasteiger charge is 2.33. The minimum absolute atomic E-state index is 0.0581. The molecule has 0 bridgehead atoms. The van der Waals surface area contributed by atoms with E-state index < -0.39 is 10.0 Å². The standard InChI is InChI=1S/C15H27N3O2S/c1-5-18-10-14(8-13(18)9-16-4)21(19,20)17-15-7-6-11(2)12(15)3/h8,10-12,15-17H,5-7,9H2,1-4H3. The molecule has 0 aliphatic heterocycles. The third-order valence-corrected chi connectivity index (χ3v) is 6.20. The molecule has 3 atom stereocenters. The van der Waals surface area contributed by atoms with Crippen molar-refractivity contribution in [2.45, 2.75) is 57.6 Å². The molecule has 0 radical (unpaired) electrons. The molecule has 0 saturated heterocycles. The normalized spacial score (nSPS) is 26.4. The molecule has 1 aliphatic carbocycles. The topological polar surface area (TPSA) is 63.1 Å². The number of rotatable bonds is 6. The van der Waals surface area contributed by atoms with Crippen LogP contribution in [0.15, 0.2) is 17.2 Å². The first-order valence-electron chi connectivity index (χ1n) is 7.75. The zero-order valence-electron chi connectivity index (χ0n) is 13.4. The first-order valence-corrected chi connectivity index (χ1v) is 9.23. The fourth-order valence-electron chi connectivity index (χ4n) is 3.09. The predicted octanol–water partition coefficient (Wildman–Crippen LogP) is 1.94. The maximum Gasteiger partial charge on any atom is 0.242 e. The second-order valence-corrected chi connectivity index (χ2v) is 7.84. The van der Waals surface area contributed by atoms with Crippen molar-refractivity contribution in [3.05, 3.63) is 18.0 Å². The van der Waals surface area contributed by atoms with Crippen LogP contribution >= 0.6 is 0 Å². The van der Waals surface area contributed by atoms with E-state index in [1.807, 2.05) is 18.5 Å². The van der Waals surface area contributed by atoms with Gasteiger partial charge in [0.1, 0.15) is 0 Å². The van der Waals surface area contributed by atoms with Crippen molar-refractivity contribution in [1.29, 1.82) is 0 Å². The zero-order valence-corrected chi connectivity index (χ0v) is 14.2. The van der Waals surface area contributed by atoms with Gasteiger partial charge >= 0.3 is 0 Å². The number of sulfonamides is 1. The molecule has 120 valence electrons. The van der Waals surface area contributed by atoms with Crippen LogP contribution in [0.25, 0.3) is 0 Å². The van der Waals surface area contributed by atoms with Gasteiger partial charge in [0.2, 0.25) is 10.0 Å². The second-order valence-electron chi connectivity index (χ2n) is 6.13. The van der Waals surface area contributed by atoms with E-state index >= 15 is 0 Å². The summed E-state index contributed by atoms with van der Waals surface area (Å²) in [5.74, 6) is 0.975. The number of nitrogens with zero attached hydrogens (tertiary/aromatic N) is 1. The first kappa shape index (κ1) is 16.5. The van der Waals surface area contributed by atoms with Crippen LogP contribution in [-0.4, -0.2) is 26.1 Å². The van der Waals surface area contributed by atoms with E-state index in [0.717, 1.165) is 25.1 Å². The Balaban J connectivity index is 2.19. The van der Waals surface area contributed by atoms with Crippen LogP contribution in [0, 0.1) is 11.8 Å². The molecule has 2 N–H and O–H groups in total. The summed E-state index contributed by atoms with van der Waals surface area (Å²) in [5.41, 5.74) is 0.994. The predicted molar refractivity (Wildman–Crippen MR) is 84.5 cm³/mol. The molecule has 3 unspecified atom stereocenters. The van der Waals surface area contributed by atoms with Gasteiger partial charge in [-0.2, -0.15) is 0 Å². The number of aryl methyl sites for hydroxylation is 1. The summed E-state index contributed by atoms with van der Waals surface area (Å²) >= 11 is 0. The highest BCUT2D eigenvalue weighted by molar-refractivity contribution is 7.89. The van der Waals surface area contributed by atoms with Gasteiger partial charge in [-0.25, -0.2) is 13.1 Å². The minimum atomic E-state index is -3.43. The molecule has 5 nitrogen and oxygen atoms in total. The molecule has 2 rings (SSSR count). The lowest BCUT2D eigenvalue weighted by atomic mass is 9.98. The van der Waals surface area contributed by atoms with Gasteiger partial charge in [-0.3, -0.25) is 0 Å².